The van der Waals surface area contributed by atoms with E-state index in [1.807, 2.05) is 0 Å². The van der Waals surface area contributed by atoms with Gasteiger partial charge in [-0.15, -0.1) is 24.8 Å². The predicted octanol–water partition coefficient (Wildman–Crippen LogP) is 2.63. The maximum absolute atomic E-state index is 4.81. The van der Waals surface area contributed by atoms with E-state index in [-0.39, 0.29) is 24.8 Å². The normalized spacial score (nSPS) is 17.8. The van der Waals surface area contributed by atoms with E-state index in [4.69, 9.17) is 4.98 Å². The number of hydrogen-bond donors (Lipinski definition) is 1. The summed E-state index contributed by atoms with van der Waals surface area (Å²) < 4.78 is 0. The molecule has 1 N–H and O–H groups in total. The van der Waals surface area contributed by atoms with Crippen molar-refractivity contribution in [3.63, 3.8) is 0 Å². The largest absolute Gasteiger partial charge is 0.360 e. The second kappa shape index (κ2) is 7.82. The van der Waals surface area contributed by atoms with E-state index in [1.54, 1.807) is 0 Å². The summed E-state index contributed by atoms with van der Waals surface area (Å²) >= 11 is 0. The fourth-order valence-electron chi connectivity index (χ4n) is 2.14. The van der Waals surface area contributed by atoms with Crippen molar-refractivity contribution in [1.82, 2.24) is 10.3 Å². The van der Waals surface area contributed by atoms with E-state index in [1.165, 1.54) is 11.3 Å². The molecule has 0 amide bonds. The van der Waals surface area contributed by atoms with Gasteiger partial charge in [0.1, 0.15) is 5.82 Å². The molecule has 2 heterocycles. The van der Waals surface area contributed by atoms with Crippen LogP contribution in [0.1, 0.15) is 31.0 Å². The molecule has 0 fully saturated rings. The van der Waals surface area contributed by atoms with Crippen molar-refractivity contribution in [2.75, 3.05) is 31.6 Å². The molecule has 1 aliphatic rings. The molecule has 104 valence electrons. The molecule has 0 saturated carbocycles. The van der Waals surface area contributed by atoms with Gasteiger partial charge in [0.15, 0.2) is 0 Å². The lowest BCUT2D eigenvalue weighted by molar-refractivity contribution is 0.635. The van der Waals surface area contributed by atoms with Gasteiger partial charge in [0.05, 0.1) is 5.69 Å². The minimum Gasteiger partial charge on any atom is -0.360 e. The zero-order valence-electron chi connectivity index (χ0n) is 11.3. The van der Waals surface area contributed by atoms with Crippen molar-refractivity contribution in [1.29, 1.82) is 0 Å². The summed E-state index contributed by atoms with van der Waals surface area (Å²) in [7, 11) is 2.09. The van der Waals surface area contributed by atoms with Crippen LogP contribution in [0.3, 0.4) is 0 Å². The Morgan fingerprint density at radius 2 is 2.11 bits per heavy atom. The molecule has 1 aromatic rings. The first kappa shape index (κ1) is 17.5. The number of anilines is 1. The van der Waals surface area contributed by atoms with Crippen LogP contribution in [-0.2, 0) is 6.42 Å². The zero-order chi connectivity index (χ0) is 11.5. The maximum Gasteiger partial charge on any atom is 0.128 e. The Morgan fingerprint density at radius 1 is 1.39 bits per heavy atom. The van der Waals surface area contributed by atoms with Gasteiger partial charge in [0.25, 0.3) is 0 Å². The van der Waals surface area contributed by atoms with E-state index in [0.717, 1.165) is 31.9 Å². The van der Waals surface area contributed by atoms with E-state index in [2.05, 4.69) is 43.2 Å². The smallest absolute Gasteiger partial charge is 0.128 e. The van der Waals surface area contributed by atoms with Crippen LogP contribution in [0.5, 0.6) is 0 Å². The molecule has 5 heteroatoms. The molecular formula is C13H23Cl2N3. The van der Waals surface area contributed by atoms with Gasteiger partial charge >= 0.3 is 0 Å². The van der Waals surface area contributed by atoms with Gasteiger partial charge in [-0.25, -0.2) is 4.98 Å². The van der Waals surface area contributed by atoms with Crippen molar-refractivity contribution >= 4 is 30.6 Å². The number of halogens is 2. The van der Waals surface area contributed by atoms with Crippen molar-refractivity contribution in [2.45, 2.75) is 26.2 Å². The highest BCUT2D eigenvalue weighted by atomic mass is 35.5. The summed E-state index contributed by atoms with van der Waals surface area (Å²) in [4.78, 5) is 7.00. The Balaban J connectivity index is 0.00000144. The summed E-state index contributed by atoms with van der Waals surface area (Å²) in [6, 6.07) is 4.38. The number of rotatable bonds is 2. The van der Waals surface area contributed by atoms with Crippen LogP contribution in [0.2, 0.25) is 0 Å². The van der Waals surface area contributed by atoms with Crippen molar-refractivity contribution in [3.8, 4) is 0 Å². The Hall–Kier alpha value is -0.510. The van der Waals surface area contributed by atoms with Crippen LogP contribution in [0.25, 0.3) is 0 Å². The molecule has 18 heavy (non-hydrogen) atoms. The van der Waals surface area contributed by atoms with Gasteiger partial charge in [-0.2, -0.15) is 0 Å². The van der Waals surface area contributed by atoms with Crippen molar-refractivity contribution in [2.24, 2.45) is 0 Å². The summed E-state index contributed by atoms with van der Waals surface area (Å²) in [6.45, 7) is 7.51. The monoisotopic (exact) mass is 291 g/mol. The molecular weight excluding hydrogens is 269 g/mol. The van der Waals surface area contributed by atoms with Gasteiger partial charge < -0.3 is 10.2 Å². The SMILES string of the molecule is CCN(C)c1ccc2c(n1)[C@H](C)CNCC2.Cl.Cl. The first-order valence-corrected chi connectivity index (χ1v) is 6.14. The van der Waals surface area contributed by atoms with E-state index in [9.17, 15) is 0 Å². The Morgan fingerprint density at radius 3 is 2.78 bits per heavy atom. The standard InChI is InChI=1S/C13H21N3.2ClH/c1-4-16(3)12-6-5-11-7-8-14-9-10(2)13(11)15-12;;/h5-6,10,14H,4,7-9H2,1-3H3;2*1H/t10-;;/m1../s1. The van der Waals surface area contributed by atoms with Crippen LogP contribution >= 0.6 is 24.8 Å². The highest BCUT2D eigenvalue weighted by Gasteiger charge is 2.16. The molecule has 1 atom stereocenters. The van der Waals surface area contributed by atoms with Crippen LogP contribution in [-0.4, -0.2) is 31.7 Å². The number of nitrogens with zero attached hydrogens (tertiary/aromatic N) is 2. The second-order valence-corrected chi connectivity index (χ2v) is 4.58. The molecule has 0 saturated heterocycles. The zero-order valence-corrected chi connectivity index (χ0v) is 12.9. The number of pyridine rings is 1. The van der Waals surface area contributed by atoms with Gasteiger partial charge in [0, 0.05) is 26.1 Å². The van der Waals surface area contributed by atoms with Gasteiger partial charge in [-0.1, -0.05) is 13.0 Å². The Bertz CT molecular complexity index is 371. The Kier molecular flexibility index (Phi) is 7.60. The molecule has 0 unspecified atom stereocenters. The lowest BCUT2D eigenvalue weighted by Gasteiger charge is -2.19. The summed E-state index contributed by atoms with van der Waals surface area (Å²) in [6.07, 6.45) is 1.10. The van der Waals surface area contributed by atoms with E-state index < -0.39 is 0 Å². The van der Waals surface area contributed by atoms with Crippen LogP contribution in [0.15, 0.2) is 12.1 Å². The van der Waals surface area contributed by atoms with Crippen molar-refractivity contribution in [3.05, 3.63) is 23.4 Å². The highest BCUT2D eigenvalue weighted by Crippen LogP contribution is 2.23. The number of fused-ring (bicyclic) bond motifs is 1. The molecule has 0 bridgehead atoms. The topological polar surface area (TPSA) is 28.2 Å². The first-order chi connectivity index (χ1) is 7.72. The van der Waals surface area contributed by atoms with E-state index in [0.29, 0.717) is 5.92 Å². The third-order valence-corrected chi connectivity index (χ3v) is 3.35. The fraction of sp³-hybridized carbons (Fsp3) is 0.615. The predicted molar refractivity (Wildman–Crippen MR) is 82.7 cm³/mol. The molecule has 0 aliphatic carbocycles. The average molecular weight is 292 g/mol. The van der Waals surface area contributed by atoms with Crippen LogP contribution in [0, 0.1) is 0 Å². The third-order valence-electron chi connectivity index (χ3n) is 3.35. The minimum absolute atomic E-state index is 0. The molecule has 1 aromatic heterocycles. The van der Waals surface area contributed by atoms with E-state index >= 15 is 0 Å². The third kappa shape index (κ3) is 3.74. The van der Waals surface area contributed by atoms with Crippen molar-refractivity contribution < 1.29 is 0 Å². The lowest BCUT2D eigenvalue weighted by Crippen LogP contribution is -2.20. The number of nitrogens with one attached hydrogen (secondary N) is 1. The van der Waals surface area contributed by atoms with Gasteiger partial charge in [-0.05, 0) is 31.5 Å². The van der Waals surface area contributed by atoms with Gasteiger partial charge in [0.2, 0.25) is 0 Å². The Labute approximate surface area is 122 Å². The lowest BCUT2D eigenvalue weighted by atomic mass is 10.0. The minimum atomic E-state index is 0. The molecule has 0 radical (unpaired) electrons. The second-order valence-electron chi connectivity index (χ2n) is 4.58. The quantitative estimate of drug-likeness (QED) is 0.908. The number of hydrogen-bond acceptors (Lipinski definition) is 3. The maximum atomic E-state index is 4.81. The molecule has 2 rings (SSSR count). The highest BCUT2D eigenvalue weighted by molar-refractivity contribution is 5.85. The molecule has 0 aromatic carbocycles. The van der Waals surface area contributed by atoms with Gasteiger partial charge in [-0.3, -0.25) is 0 Å². The van der Waals surface area contributed by atoms with Crippen LogP contribution in [0.4, 0.5) is 5.82 Å². The average Bonchev–Trinajstić information content (AvgIpc) is 2.50. The molecule has 1 aliphatic heterocycles. The molecule has 3 nitrogen and oxygen atoms in total. The summed E-state index contributed by atoms with van der Waals surface area (Å²) in [5, 5.41) is 3.45. The summed E-state index contributed by atoms with van der Waals surface area (Å²) in [5.74, 6) is 1.61. The number of aromatic nitrogens is 1. The fourth-order valence-corrected chi connectivity index (χ4v) is 2.14. The first-order valence-electron chi connectivity index (χ1n) is 6.14. The summed E-state index contributed by atoms with van der Waals surface area (Å²) in [5.41, 5.74) is 2.69. The van der Waals surface area contributed by atoms with Crippen LogP contribution < -0.4 is 10.2 Å². The molecule has 0 spiro atoms.